The normalized spacial score (nSPS) is 10.0. The van der Waals surface area contributed by atoms with Crippen molar-refractivity contribution in [1.82, 2.24) is 10.3 Å². The van der Waals surface area contributed by atoms with Crippen LogP contribution in [0.1, 0.15) is 5.56 Å². The number of pyridine rings is 1. The zero-order chi connectivity index (χ0) is 11.3. The van der Waals surface area contributed by atoms with Gasteiger partial charge in [0.15, 0.2) is 0 Å². The second-order valence-electron chi connectivity index (χ2n) is 3.15. The van der Waals surface area contributed by atoms with Crippen LogP contribution in [0.2, 0.25) is 0 Å². The number of hydrogen-bond donors (Lipinski definition) is 2. The molecule has 0 saturated carbocycles. The number of rotatable bonds is 5. The van der Waals surface area contributed by atoms with E-state index in [2.05, 4.69) is 15.6 Å². The third-order valence-electron chi connectivity index (χ3n) is 1.94. The summed E-state index contributed by atoms with van der Waals surface area (Å²) in [6.07, 6.45) is 1.26. The number of nitrogens with one attached hydrogen (secondary N) is 2. The van der Waals surface area contributed by atoms with Crippen LogP contribution in [0, 0.1) is 17.0 Å². The molecule has 82 valence electrons. The summed E-state index contributed by atoms with van der Waals surface area (Å²) < 4.78 is 0. The molecule has 0 bridgehead atoms. The van der Waals surface area contributed by atoms with Crippen LogP contribution in [0.15, 0.2) is 12.3 Å². The van der Waals surface area contributed by atoms with Gasteiger partial charge in [0, 0.05) is 19.2 Å². The van der Waals surface area contributed by atoms with Gasteiger partial charge >= 0.3 is 0 Å². The number of hydrogen-bond acceptors (Lipinski definition) is 5. The highest BCUT2D eigenvalue weighted by Gasteiger charge is 2.08. The molecular weight excluding hydrogens is 196 g/mol. The van der Waals surface area contributed by atoms with Crippen molar-refractivity contribution in [3.8, 4) is 0 Å². The number of anilines is 1. The largest absolute Gasteiger partial charge is 0.369 e. The van der Waals surface area contributed by atoms with Gasteiger partial charge in [-0.3, -0.25) is 10.1 Å². The van der Waals surface area contributed by atoms with Crippen LogP contribution in [-0.2, 0) is 0 Å². The Morgan fingerprint density at radius 1 is 1.53 bits per heavy atom. The lowest BCUT2D eigenvalue weighted by molar-refractivity contribution is -0.385. The smallest absolute Gasteiger partial charge is 0.287 e. The standard InChI is InChI=1S/C9H14N4O2/c1-7-5-8(13(14)15)6-12-9(7)11-4-3-10-2/h5-6,10H,3-4H2,1-2H3,(H,11,12). The van der Waals surface area contributed by atoms with Crippen LogP contribution in [0.3, 0.4) is 0 Å². The molecule has 0 aliphatic heterocycles. The Labute approximate surface area is 87.9 Å². The maximum atomic E-state index is 10.5. The summed E-state index contributed by atoms with van der Waals surface area (Å²) in [5, 5.41) is 16.5. The molecule has 0 unspecified atom stereocenters. The molecule has 0 aliphatic rings. The van der Waals surface area contributed by atoms with E-state index in [0.717, 1.165) is 18.7 Å². The van der Waals surface area contributed by atoms with E-state index >= 15 is 0 Å². The third-order valence-corrected chi connectivity index (χ3v) is 1.94. The molecule has 1 rings (SSSR count). The van der Waals surface area contributed by atoms with Gasteiger partial charge in [0.05, 0.1) is 4.92 Å². The predicted octanol–water partition coefficient (Wildman–Crippen LogP) is 0.930. The molecule has 6 heteroatoms. The molecular formula is C9H14N4O2. The van der Waals surface area contributed by atoms with E-state index in [4.69, 9.17) is 0 Å². The molecule has 0 fully saturated rings. The van der Waals surface area contributed by atoms with Gasteiger partial charge in [-0.2, -0.15) is 0 Å². The summed E-state index contributed by atoms with van der Waals surface area (Å²) in [5.41, 5.74) is 0.798. The van der Waals surface area contributed by atoms with E-state index in [9.17, 15) is 10.1 Å². The van der Waals surface area contributed by atoms with E-state index in [1.807, 2.05) is 7.05 Å². The van der Waals surface area contributed by atoms with Crippen molar-refractivity contribution in [1.29, 1.82) is 0 Å². The van der Waals surface area contributed by atoms with Crippen molar-refractivity contribution in [3.63, 3.8) is 0 Å². The first-order chi connectivity index (χ1) is 7.15. The Morgan fingerprint density at radius 2 is 2.27 bits per heavy atom. The lowest BCUT2D eigenvalue weighted by Gasteiger charge is -2.07. The molecule has 0 atom stereocenters. The molecule has 0 aromatic carbocycles. The summed E-state index contributed by atoms with van der Waals surface area (Å²) >= 11 is 0. The van der Waals surface area contributed by atoms with Crippen molar-refractivity contribution in [2.75, 3.05) is 25.5 Å². The molecule has 2 N–H and O–H groups in total. The van der Waals surface area contributed by atoms with Crippen LogP contribution >= 0.6 is 0 Å². The van der Waals surface area contributed by atoms with Crippen LogP contribution in [-0.4, -0.2) is 30.0 Å². The molecule has 0 saturated heterocycles. The Morgan fingerprint density at radius 3 is 2.80 bits per heavy atom. The highest BCUT2D eigenvalue weighted by atomic mass is 16.6. The molecule has 0 radical (unpaired) electrons. The van der Waals surface area contributed by atoms with Gasteiger partial charge in [-0.1, -0.05) is 0 Å². The lowest BCUT2D eigenvalue weighted by Crippen LogP contribution is -2.18. The number of aryl methyl sites for hydroxylation is 1. The van der Waals surface area contributed by atoms with E-state index in [-0.39, 0.29) is 5.69 Å². The Kier molecular flexibility index (Phi) is 3.99. The number of nitrogens with zero attached hydrogens (tertiary/aromatic N) is 2. The van der Waals surface area contributed by atoms with Gasteiger partial charge in [-0.15, -0.1) is 0 Å². The van der Waals surface area contributed by atoms with Gasteiger partial charge < -0.3 is 10.6 Å². The Bertz CT molecular complexity index is 354. The molecule has 0 aliphatic carbocycles. The molecule has 1 aromatic rings. The zero-order valence-corrected chi connectivity index (χ0v) is 8.78. The second-order valence-corrected chi connectivity index (χ2v) is 3.15. The van der Waals surface area contributed by atoms with Crippen molar-refractivity contribution in [2.24, 2.45) is 0 Å². The minimum absolute atomic E-state index is 0.0201. The van der Waals surface area contributed by atoms with Crippen LogP contribution < -0.4 is 10.6 Å². The quantitative estimate of drug-likeness (QED) is 0.429. The Balaban J connectivity index is 2.70. The first-order valence-electron chi connectivity index (χ1n) is 4.64. The van der Waals surface area contributed by atoms with E-state index in [0.29, 0.717) is 5.82 Å². The number of nitro groups is 1. The summed E-state index contributed by atoms with van der Waals surface area (Å²) in [6, 6.07) is 1.51. The minimum atomic E-state index is -0.447. The van der Waals surface area contributed by atoms with E-state index in [1.165, 1.54) is 12.3 Å². The van der Waals surface area contributed by atoms with Crippen LogP contribution in [0.25, 0.3) is 0 Å². The van der Waals surface area contributed by atoms with Crippen molar-refractivity contribution >= 4 is 11.5 Å². The molecule has 15 heavy (non-hydrogen) atoms. The highest BCUT2D eigenvalue weighted by Crippen LogP contribution is 2.17. The molecule has 0 spiro atoms. The topological polar surface area (TPSA) is 80.1 Å². The van der Waals surface area contributed by atoms with Gasteiger partial charge in [-0.05, 0) is 19.5 Å². The third kappa shape index (κ3) is 3.17. The average molecular weight is 210 g/mol. The van der Waals surface area contributed by atoms with Crippen LogP contribution in [0.4, 0.5) is 11.5 Å². The molecule has 1 heterocycles. The predicted molar refractivity (Wildman–Crippen MR) is 58.0 cm³/mol. The summed E-state index contributed by atoms with van der Waals surface area (Å²) in [4.78, 5) is 14.0. The number of aromatic nitrogens is 1. The fourth-order valence-electron chi connectivity index (χ4n) is 1.15. The van der Waals surface area contributed by atoms with Gasteiger partial charge in [0.1, 0.15) is 12.0 Å². The maximum Gasteiger partial charge on any atom is 0.287 e. The lowest BCUT2D eigenvalue weighted by atomic mass is 10.2. The first-order valence-corrected chi connectivity index (χ1v) is 4.64. The average Bonchev–Trinajstić information content (AvgIpc) is 2.20. The van der Waals surface area contributed by atoms with Crippen LogP contribution in [0.5, 0.6) is 0 Å². The fourth-order valence-corrected chi connectivity index (χ4v) is 1.15. The second kappa shape index (κ2) is 5.26. The molecule has 6 nitrogen and oxygen atoms in total. The van der Waals surface area contributed by atoms with Crippen molar-refractivity contribution in [2.45, 2.75) is 6.92 Å². The van der Waals surface area contributed by atoms with Gasteiger partial charge in [0.2, 0.25) is 0 Å². The first kappa shape index (κ1) is 11.4. The molecule has 1 aromatic heterocycles. The summed E-state index contributed by atoms with van der Waals surface area (Å²) in [5.74, 6) is 0.691. The fraction of sp³-hybridized carbons (Fsp3) is 0.444. The van der Waals surface area contributed by atoms with E-state index in [1.54, 1.807) is 6.92 Å². The maximum absolute atomic E-state index is 10.5. The Hall–Kier alpha value is -1.69. The zero-order valence-electron chi connectivity index (χ0n) is 8.78. The van der Waals surface area contributed by atoms with Crippen molar-refractivity contribution < 1.29 is 4.92 Å². The van der Waals surface area contributed by atoms with Crippen molar-refractivity contribution in [3.05, 3.63) is 27.9 Å². The summed E-state index contributed by atoms with van der Waals surface area (Å²) in [7, 11) is 1.86. The SMILES string of the molecule is CNCCNc1ncc([N+](=O)[O-])cc1C. The highest BCUT2D eigenvalue weighted by molar-refractivity contribution is 5.48. The van der Waals surface area contributed by atoms with E-state index < -0.39 is 4.92 Å². The summed E-state index contributed by atoms with van der Waals surface area (Å²) in [6.45, 7) is 3.35. The van der Waals surface area contributed by atoms with Gasteiger partial charge in [-0.25, -0.2) is 4.98 Å². The minimum Gasteiger partial charge on any atom is -0.369 e. The van der Waals surface area contributed by atoms with Gasteiger partial charge in [0.25, 0.3) is 5.69 Å². The monoisotopic (exact) mass is 210 g/mol. The molecule has 0 amide bonds. The number of likely N-dealkylation sites (N-methyl/N-ethyl adjacent to an activating group) is 1.